The SMILES string of the molecule is C=CCCCNC(CCCCC)CCCCC. The fourth-order valence-corrected chi connectivity index (χ4v) is 2.18. The van der Waals surface area contributed by atoms with Crippen LogP contribution in [-0.4, -0.2) is 12.6 Å². The minimum absolute atomic E-state index is 0.762. The lowest BCUT2D eigenvalue weighted by Gasteiger charge is -2.18. The predicted molar refractivity (Wildman–Crippen MR) is 79.5 cm³/mol. The Bertz CT molecular complexity index is 144. The van der Waals surface area contributed by atoms with Gasteiger partial charge in [-0.25, -0.2) is 0 Å². The van der Waals surface area contributed by atoms with Crippen LogP contribution in [0.15, 0.2) is 12.7 Å². The van der Waals surface area contributed by atoms with Gasteiger partial charge in [0.05, 0.1) is 0 Å². The van der Waals surface area contributed by atoms with Gasteiger partial charge in [-0.05, 0) is 32.2 Å². The molecule has 1 N–H and O–H groups in total. The van der Waals surface area contributed by atoms with Gasteiger partial charge in [0.2, 0.25) is 0 Å². The van der Waals surface area contributed by atoms with Gasteiger partial charge in [0.1, 0.15) is 0 Å². The summed E-state index contributed by atoms with van der Waals surface area (Å²) >= 11 is 0. The maximum atomic E-state index is 3.77. The van der Waals surface area contributed by atoms with Crippen molar-refractivity contribution in [2.45, 2.75) is 84.1 Å². The second-order valence-corrected chi connectivity index (χ2v) is 5.07. The first-order chi connectivity index (χ1) is 8.35. The van der Waals surface area contributed by atoms with E-state index in [9.17, 15) is 0 Å². The van der Waals surface area contributed by atoms with Crippen LogP contribution in [0, 0.1) is 0 Å². The molecule has 1 heteroatoms. The first kappa shape index (κ1) is 16.7. The van der Waals surface area contributed by atoms with E-state index in [-0.39, 0.29) is 0 Å². The van der Waals surface area contributed by atoms with Crippen LogP contribution in [-0.2, 0) is 0 Å². The fourth-order valence-electron chi connectivity index (χ4n) is 2.18. The Morgan fingerprint density at radius 1 is 0.941 bits per heavy atom. The highest BCUT2D eigenvalue weighted by molar-refractivity contribution is 4.70. The molecule has 0 aliphatic carbocycles. The monoisotopic (exact) mass is 239 g/mol. The van der Waals surface area contributed by atoms with Crippen molar-refractivity contribution in [2.75, 3.05) is 6.54 Å². The Hall–Kier alpha value is -0.300. The van der Waals surface area contributed by atoms with E-state index in [1.165, 1.54) is 57.8 Å². The largest absolute Gasteiger partial charge is 0.314 e. The van der Waals surface area contributed by atoms with E-state index in [0.29, 0.717) is 0 Å². The van der Waals surface area contributed by atoms with Gasteiger partial charge in [0, 0.05) is 6.04 Å². The number of hydrogen-bond acceptors (Lipinski definition) is 1. The van der Waals surface area contributed by atoms with E-state index in [2.05, 4.69) is 25.7 Å². The van der Waals surface area contributed by atoms with Crippen molar-refractivity contribution in [3.8, 4) is 0 Å². The molecule has 0 amide bonds. The lowest BCUT2D eigenvalue weighted by Crippen LogP contribution is -2.30. The third-order valence-electron chi connectivity index (χ3n) is 3.33. The molecule has 17 heavy (non-hydrogen) atoms. The van der Waals surface area contributed by atoms with Gasteiger partial charge in [-0.1, -0.05) is 58.4 Å². The standard InChI is InChI=1S/C16H33N/c1-4-7-10-13-16(14-11-8-5-2)17-15-12-9-6-3/h6,16-17H,3-5,7-15H2,1-2H3. The van der Waals surface area contributed by atoms with Crippen LogP contribution < -0.4 is 5.32 Å². The Balaban J connectivity index is 3.63. The van der Waals surface area contributed by atoms with Gasteiger partial charge in [0.25, 0.3) is 0 Å². The summed E-state index contributed by atoms with van der Waals surface area (Å²) in [5.74, 6) is 0. The summed E-state index contributed by atoms with van der Waals surface area (Å²) in [6.07, 6.45) is 15.4. The Morgan fingerprint density at radius 3 is 2.00 bits per heavy atom. The molecule has 0 spiro atoms. The van der Waals surface area contributed by atoms with Crippen molar-refractivity contribution in [3.63, 3.8) is 0 Å². The first-order valence-corrected chi connectivity index (χ1v) is 7.69. The van der Waals surface area contributed by atoms with E-state index in [1.54, 1.807) is 0 Å². The van der Waals surface area contributed by atoms with Crippen LogP contribution in [0.4, 0.5) is 0 Å². The molecule has 0 saturated carbocycles. The molecule has 0 aromatic heterocycles. The molecule has 0 atom stereocenters. The molecule has 0 fully saturated rings. The molecule has 0 unspecified atom stereocenters. The Morgan fingerprint density at radius 2 is 1.53 bits per heavy atom. The molecule has 0 bridgehead atoms. The molecule has 0 aliphatic heterocycles. The van der Waals surface area contributed by atoms with Gasteiger partial charge >= 0.3 is 0 Å². The van der Waals surface area contributed by atoms with E-state index in [4.69, 9.17) is 0 Å². The molecular formula is C16H33N. The van der Waals surface area contributed by atoms with Crippen molar-refractivity contribution < 1.29 is 0 Å². The summed E-state index contributed by atoms with van der Waals surface area (Å²) in [7, 11) is 0. The maximum absolute atomic E-state index is 3.77. The molecule has 0 heterocycles. The topological polar surface area (TPSA) is 12.0 Å². The molecular weight excluding hydrogens is 206 g/mol. The van der Waals surface area contributed by atoms with Gasteiger partial charge in [-0.3, -0.25) is 0 Å². The zero-order chi connectivity index (χ0) is 12.8. The minimum Gasteiger partial charge on any atom is -0.314 e. The lowest BCUT2D eigenvalue weighted by molar-refractivity contribution is 0.417. The highest BCUT2D eigenvalue weighted by Gasteiger charge is 2.06. The second kappa shape index (κ2) is 13.8. The average molecular weight is 239 g/mol. The molecule has 0 aromatic carbocycles. The van der Waals surface area contributed by atoms with Crippen molar-refractivity contribution in [1.29, 1.82) is 0 Å². The van der Waals surface area contributed by atoms with E-state index in [1.807, 2.05) is 6.08 Å². The number of hydrogen-bond donors (Lipinski definition) is 1. The number of nitrogens with one attached hydrogen (secondary N) is 1. The molecule has 1 nitrogen and oxygen atoms in total. The number of unbranched alkanes of at least 4 members (excludes halogenated alkanes) is 5. The van der Waals surface area contributed by atoms with Crippen LogP contribution in [0.1, 0.15) is 78.1 Å². The van der Waals surface area contributed by atoms with Crippen molar-refractivity contribution >= 4 is 0 Å². The summed E-state index contributed by atoms with van der Waals surface area (Å²) in [6, 6.07) is 0.762. The highest BCUT2D eigenvalue weighted by atomic mass is 14.9. The third-order valence-corrected chi connectivity index (χ3v) is 3.33. The van der Waals surface area contributed by atoms with Crippen molar-refractivity contribution in [1.82, 2.24) is 5.32 Å². The van der Waals surface area contributed by atoms with Gasteiger partial charge in [-0.15, -0.1) is 6.58 Å². The lowest BCUT2D eigenvalue weighted by atomic mass is 10.0. The Labute approximate surface area is 109 Å². The minimum atomic E-state index is 0.762. The normalized spacial score (nSPS) is 11.0. The number of allylic oxidation sites excluding steroid dienone is 1. The van der Waals surface area contributed by atoms with Gasteiger partial charge < -0.3 is 5.32 Å². The molecule has 0 aliphatic rings. The molecule has 0 saturated heterocycles. The van der Waals surface area contributed by atoms with E-state index >= 15 is 0 Å². The summed E-state index contributed by atoms with van der Waals surface area (Å²) in [5.41, 5.74) is 0. The molecule has 102 valence electrons. The summed E-state index contributed by atoms with van der Waals surface area (Å²) in [5, 5.41) is 3.72. The van der Waals surface area contributed by atoms with Crippen LogP contribution in [0.25, 0.3) is 0 Å². The molecule has 0 rings (SSSR count). The maximum Gasteiger partial charge on any atom is 0.00670 e. The fraction of sp³-hybridized carbons (Fsp3) is 0.875. The molecule has 0 aromatic rings. The van der Waals surface area contributed by atoms with Crippen LogP contribution in [0.2, 0.25) is 0 Å². The van der Waals surface area contributed by atoms with Crippen LogP contribution in [0.5, 0.6) is 0 Å². The van der Waals surface area contributed by atoms with Gasteiger partial charge in [0.15, 0.2) is 0 Å². The summed E-state index contributed by atoms with van der Waals surface area (Å²) < 4.78 is 0. The highest BCUT2D eigenvalue weighted by Crippen LogP contribution is 2.11. The van der Waals surface area contributed by atoms with Crippen molar-refractivity contribution in [3.05, 3.63) is 12.7 Å². The van der Waals surface area contributed by atoms with Crippen LogP contribution in [0.3, 0.4) is 0 Å². The van der Waals surface area contributed by atoms with Gasteiger partial charge in [-0.2, -0.15) is 0 Å². The number of rotatable bonds is 13. The zero-order valence-corrected chi connectivity index (χ0v) is 12.1. The predicted octanol–water partition coefficient (Wildman–Crippen LogP) is 5.07. The first-order valence-electron chi connectivity index (χ1n) is 7.69. The summed E-state index contributed by atoms with van der Waals surface area (Å²) in [4.78, 5) is 0. The smallest absolute Gasteiger partial charge is 0.00670 e. The summed E-state index contributed by atoms with van der Waals surface area (Å²) in [6.45, 7) is 9.50. The van der Waals surface area contributed by atoms with E-state index < -0.39 is 0 Å². The Kier molecular flexibility index (Phi) is 13.5. The average Bonchev–Trinajstić information content (AvgIpc) is 2.34. The second-order valence-electron chi connectivity index (χ2n) is 5.07. The quantitative estimate of drug-likeness (QED) is 0.349. The van der Waals surface area contributed by atoms with Crippen molar-refractivity contribution in [2.24, 2.45) is 0 Å². The zero-order valence-electron chi connectivity index (χ0n) is 12.1. The third kappa shape index (κ3) is 12.0. The van der Waals surface area contributed by atoms with Crippen LogP contribution >= 0.6 is 0 Å². The van der Waals surface area contributed by atoms with E-state index in [0.717, 1.165) is 19.0 Å². The molecule has 0 radical (unpaired) electrons.